The maximum absolute atomic E-state index is 12.8. The smallest absolute Gasteiger partial charge is 0.306 e. The molecule has 0 rings (SSSR count). The molecule has 0 bridgehead atoms. The minimum Gasteiger partial charge on any atom is -0.462 e. The Bertz CT molecular complexity index is 887. The summed E-state index contributed by atoms with van der Waals surface area (Å²) in [6.07, 6.45) is 49.5. The van der Waals surface area contributed by atoms with E-state index in [9.17, 15) is 14.4 Å². The van der Waals surface area contributed by atoms with Gasteiger partial charge in [0, 0.05) is 19.3 Å². The molecule has 0 aromatic rings. The zero-order chi connectivity index (χ0) is 43.1. The third-order valence-electron chi connectivity index (χ3n) is 12.0. The Labute approximate surface area is 368 Å². The van der Waals surface area contributed by atoms with Crippen LogP contribution in [-0.2, 0) is 28.6 Å². The second-order valence-corrected chi connectivity index (χ2v) is 18.6. The van der Waals surface area contributed by atoms with Crippen LogP contribution < -0.4 is 0 Å². The van der Waals surface area contributed by atoms with Gasteiger partial charge in [0.15, 0.2) is 6.10 Å². The van der Waals surface area contributed by atoms with Crippen LogP contribution in [0.25, 0.3) is 0 Å². The summed E-state index contributed by atoms with van der Waals surface area (Å²) < 4.78 is 16.8. The molecule has 0 N–H and O–H groups in total. The Balaban J connectivity index is 4.25. The van der Waals surface area contributed by atoms with E-state index in [-0.39, 0.29) is 31.1 Å². The summed E-state index contributed by atoms with van der Waals surface area (Å²) in [7, 11) is 0. The predicted octanol–water partition coefficient (Wildman–Crippen LogP) is 17.1. The molecule has 0 heterocycles. The fourth-order valence-electron chi connectivity index (χ4n) is 8.04. The van der Waals surface area contributed by atoms with Crippen LogP contribution in [0.2, 0.25) is 0 Å². The standard InChI is InChI=1S/C53H102O6/c1-5-7-9-11-13-15-17-19-20-21-22-23-24-26-28-33-37-41-45-52(55)58-48-50(59-53(56)46-42-38-34-30-29-31-35-39-43-49(3)4)47-57-51(54)44-40-36-32-27-25-18-16-14-12-10-8-6-2/h49-50H,5-48H2,1-4H3/t50-/m0/s1. The van der Waals surface area contributed by atoms with Crippen LogP contribution in [-0.4, -0.2) is 37.2 Å². The number of ether oxygens (including phenoxy) is 3. The molecule has 0 unspecified atom stereocenters. The molecule has 0 fully saturated rings. The normalized spacial score (nSPS) is 11.9. The largest absolute Gasteiger partial charge is 0.462 e. The maximum Gasteiger partial charge on any atom is 0.306 e. The SMILES string of the molecule is CCCCCCCCCCCCCCCCCCCCC(=O)OC[C@H](COC(=O)CCCCCCCCCCCCCC)OC(=O)CCCCCCCCCCC(C)C. The molecule has 6 heteroatoms. The van der Waals surface area contributed by atoms with Gasteiger partial charge in [-0.05, 0) is 25.2 Å². The van der Waals surface area contributed by atoms with E-state index < -0.39 is 6.10 Å². The quantitative estimate of drug-likeness (QED) is 0.0345. The zero-order valence-electron chi connectivity index (χ0n) is 40.2. The minimum absolute atomic E-state index is 0.0632. The molecule has 0 saturated carbocycles. The highest BCUT2D eigenvalue weighted by Gasteiger charge is 2.19. The second-order valence-electron chi connectivity index (χ2n) is 18.6. The van der Waals surface area contributed by atoms with Crippen molar-refractivity contribution in [3.05, 3.63) is 0 Å². The molecule has 6 nitrogen and oxygen atoms in total. The van der Waals surface area contributed by atoms with Gasteiger partial charge in [-0.15, -0.1) is 0 Å². The van der Waals surface area contributed by atoms with Crippen LogP contribution in [0.1, 0.15) is 297 Å². The second kappa shape index (κ2) is 47.5. The van der Waals surface area contributed by atoms with Crippen molar-refractivity contribution in [3.63, 3.8) is 0 Å². The monoisotopic (exact) mass is 835 g/mol. The maximum atomic E-state index is 12.8. The average Bonchev–Trinajstić information content (AvgIpc) is 3.22. The van der Waals surface area contributed by atoms with E-state index >= 15 is 0 Å². The number of unbranched alkanes of at least 4 members (excludes halogenated alkanes) is 35. The molecule has 350 valence electrons. The molecule has 0 aliphatic heterocycles. The van der Waals surface area contributed by atoms with Crippen molar-refractivity contribution in [2.24, 2.45) is 5.92 Å². The van der Waals surface area contributed by atoms with Crippen molar-refractivity contribution in [2.45, 2.75) is 303 Å². The van der Waals surface area contributed by atoms with E-state index in [0.29, 0.717) is 19.3 Å². The summed E-state index contributed by atoms with van der Waals surface area (Å²) in [5.41, 5.74) is 0. The van der Waals surface area contributed by atoms with Gasteiger partial charge in [0.25, 0.3) is 0 Å². The van der Waals surface area contributed by atoms with Crippen molar-refractivity contribution >= 4 is 17.9 Å². The first-order chi connectivity index (χ1) is 28.9. The van der Waals surface area contributed by atoms with E-state index in [0.717, 1.165) is 63.7 Å². The molecule has 0 amide bonds. The number of esters is 3. The summed E-state index contributed by atoms with van der Waals surface area (Å²) in [5.74, 6) is -0.0527. The highest BCUT2D eigenvalue weighted by Crippen LogP contribution is 2.17. The summed E-state index contributed by atoms with van der Waals surface area (Å²) in [6.45, 7) is 8.99. The lowest BCUT2D eigenvalue weighted by atomic mass is 10.0. The van der Waals surface area contributed by atoms with E-state index in [1.165, 1.54) is 193 Å². The number of hydrogen-bond donors (Lipinski definition) is 0. The van der Waals surface area contributed by atoms with Gasteiger partial charge in [-0.3, -0.25) is 14.4 Å². The first-order valence-corrected chi connectivity index (χ1v) is 26.4. The molecule has 0 aliphatic carbocycles. The van der Waals surface area contributed by atoms with Gasteiger partial charge >= 0.3 is 17.9 Å². The summed E-state index contributed by atoms with van der Waals surface area (Å²) in [4.78, 5) is 37.9. The van der Waals surface area contributed by atoms with Crippen molar-refractivity contribution in [1.29, 1.82) is 0 Å². The van der Waals surface area contributed by atoms with Gasteiger partial charge in [0.1, 0.15) is 13.2 Å². The van der Waals surface area contributed by atoms with Crippen LogP contribution in [0.3, 0.4) is 0 Å². The molecule has 0 aliphatic rings. The lowest BCUT2D eigenvalue weighted by molar-refractivity contribution is -0.167. The Morgan fingerprint density at radius 2 is 0.559 bits per heavy atom. The van der Waals surface area contributed by atoms with Crippen LogP contribution in [0, 0.1) is 5.92 Å². The summed E-state index contributed by atoms with van der Waals surface area (Å²) in [6, 6.07) is 0. The van der Waals surface area contributed by atoms with E-state index in [1.54, 1.807) is 0 Å². The van der Waals surface area contributed by atoms with Gasteiger partial charge in [-0.1, -0.05) is 259 Å². The Kier molecular flexibility index (Phi) is 46.2. The van der Waals surface area contributed by atoms with Gasteiger partial charge in [-0.25, -0.2) is 0 Å². The van der Waals surface area contributed by atoms with Crippen molar-refractivity contribution in [1.82, 2.24) is 0 Å². The van der Waals surface area contributed by atoms with Crippen molar-refractivity contribution in [2.75, 3.05) is 13.2 Å². The lowest BCUT2D eigenvalue weighted by Gasteiger charge is -2.18. The number of rotatable bonds is 48. The van der Waals surface area contributed by atoms with Gasteiger partial charge < -0.3 is 14.2 Å². The molecule has 0 aromatic carbocycles. The molecule has 0 saturated heterocycles. The fraction of sp³-hybridized carbons (Fsp3) is 0.943. The van der Waals surface area contributed by atoms with E-state index in [1.807, 2.05) is 0 Å². The van der Waals surface area contributed by atoms with Crippen LogP contribution in [0.4, 0.5) is 0 Å². The lowest BCUT2D eigenvalue weighted by Crippen LogP contribution is -2.30. The Morgan fingerprint density at radius 3 is 0.831 bits per heavy atom. The van der Waals surface area contributed by atoms with Crippen LogP contribution in [0.5, 0.6) is 0 Å². The highest BCUT2D eigenvalue weighted by atomic mass is 16.6. The number of carbonyl (C=O) groups is 3. The van der Waals surface area contributed by atoms with Crippen molar-refractivity contribution < 1.29 is 28.6 Å². The summed E-state index contributed by atoms with van der Waals surface area (Å²) in [5, 5.41) is 0. The molecule has 59 heavy (non-hydrogen) atoms. The molecule has 0 spiro atoms. The minimum atomic E-state index is -0.761. The summed E-state index contributed by atoms with van der Waals surface area (Å²) >= 11 is 0. The first-order valence-electron chi connectivity index (χ1n) is 26.4. The van der Waals surface area contributed by atoms with Gasteiger partial charge in [-0.2, -0.15) is 0 Å². The highest BCUT2D eigenvalue weighted by molar-refractivity contribution is 5.71. The molecule has 0 aromatic heterocycles. The third-order valence-corrected chi connectivity index (χ3v) is 12.0. The van der Waals surface area contributed by atoms with E-state index in [4.69, 9.17) is 14.2 Å². The van der Waals surface area contributed by atoms with Gasteiger partial charge in [0.2, 0.25) is 0 Å². The fourth-order valence-corrected chi connectivity index (χ4v) is 8.04. The third kappa shape index (κ3) is 47.3. The van der Waals surface area contributed by atoms with Crippen LogP contribution >= 0.6 is 0 Å². The van der Waals surface area contributed by atoms with E-state index in [2.05, 4.69) is 27.7 Å². The molecule has 1 atom stereocenters. The number of carbonyl (C=O) groups excluding carboxylic acids is 3. The molecular formula is C53H102O6. The van der Waals surface area contributed by atoms with Crippen LogP contribution in [0.15, 0.2) is 0 Å². The topological polar surface area (TPSA) is 78.9 Å². The number of hydrogen-bond acceptors (Lipinski definition) is 6. The Morgan fingerprint density at radius 1 is 0.322 bits per heavy atom. The van der Waals surface area contributed by atoms with Gasteiger partial charge in [0.05, 0.1) is 0 Å². The molecule has 0 radical (unpaired) electrons. The Hall–Kier alpha value is -1.59. The molecular weight excluding hydrogens is 733 g/mol. The van der Waals surface area contributed by atoms with Crippen molar-refractivity contribution in [3.8, 4) is 0 Å². The first kappa shape index (κ1) is 57.4. The predicted molar refractivity (Wildman–Crippen MR) is 252 cm³/mol. The zero-order valence-corrected chi connectivity index (χ0v) is 40.2. The average molecular weight is 835 g/mol.